The number of tetrazole rings is 1. The van der Waals surface area contributed by atoms with Crippen molar-refractivity contribution in [2.24, 2.45) is 11.8 Å². The van der Waals surface area contributed by atoms with Crippen LogP contribution in [-0.4, -0.2) is 55.0 Å². The zero-order valence-corrected chi connectivity index (χ0v) is 22.9. The maximum Gasteiger partial charge on any atom is 0.272 e. The number of nitrogens with zero attached hydrogens (tertiary/aromatic N) is 6. The Bertz CT molecular complexity index is 1920. The third-order valence-corrected chi connectivity index (χ3v) is 7.50. The highest BCUT2D eigenvalue weighted by Crippen LogP contribution is 2.34. The molecule has 4 heterocycles. The molecule has 1 fully saturated rings. The number of aromatic nitrogens is 5. The minimum atomic E-state index is -3.01. The van der Waals surface area contributed by atoms with Gasteiger partial charge in [-0.1, -0.05) is 44.0 Å². The molecule has 0 spiro atoms. The molecule has 1 N–H and O–H groups in total. The summed E-state index contributed by atoms with van der Waals surface area (Å²) in [6.45, 7) is -3.13. The number of benzene rings is 2. The molecular weight excluding hydrogens is 530 g/mol. The second-order valence-corrected chi connectivity index (χ2v) is 10.4. The summed E-state index contributed by atoms with van der Waals surface area (Å²) in [5.41, 5.74) is 2.67. The maximum absolute atomic E-state index is 13.6. The van der Waals surface area contributed by atoms with Crippen molar-refractivity contribution in [3.05, 3.63) is 90.0 Å². The summed E-state index contributed by atoms with van der Waals surface area (Å²) in [4.78, 5) is 34.1. The molecular formula is C32H33N7O3. The number of hydrogen-bond acceptors (Lipinski definition) is 7. The molecule has 3 aromatic heterocycles. The molecule has 0 radical (unpaired) electrons. The molecule has 6 rings (SSSR count). The smallest absolute Gasteiger partial charge is 0.272 e. The number of piperidine rings is 1. The molecule has 2 aromatic carbocycles. The Balaban J connectivity index is 1.15. The van der Waals surface area contributed by atoms with E-state index < -0.39 is 25.5 Å². The summed E-state index contributed by atoms with van der Waals surface area (Å²) in [5, 5.41) is 15.8. The molecule has 42 heavy (non-hydrogen) atoms. The average molecular weight is 570 g/mol. The standard InChI is InChI=1S/C32H33N7O3/c1-20(2)31(40)34-26-9-10-28-25(17-26)19-29(42-28)24-11-14-33-27(18-24)32(41)38-15-12-23(13-16-38)30(22-7-5-4-6-8-22)39-36-21(3)35-37-39/h4-11,14,17-20,23,30H,12-13,15-16H2,1-3H3,(H,34,40)/t30-/m1/s1/i1D3,2D3. The zero-order chi connectivity index (χ0) is 34.2. The van der Waals surface area contributed by atoms with Crippen molar-refractivity contribution in [3.8, 4) is 11.3 Å². The van der Waals surface area contributed by atoms with Gasteiger partial charge in [0.25, 0.3) is 5.91 Å². The van der Waals surface area contributed by atoms with Crippen molar-refractivity contribution in [2.75, 3.05) is 18.4 Å². The highest BCUT2D eigenvalue weighted by molar-refractivity contribution is 5.96. The fourth-order valence-electron chi connectivity index (χ4n) is 5.42. The first-order valence-electron chi connectivity index (χ1n) is 16.7. The van der Waals surface area contributed by atoms with E-state index in [1.807, 2.05) is 18.2 Å². The number of hydrogen-bond donors (Lipinski definition) is 1. The van der Waals surface area contributed by atoms with Gasteiger partial charge in [-0.3, -0.25) is 14.6 Å². The lowest BCUT2D eigenvalue weighted by Crippen LogP contribution is -2.41. The number of furan rings is 1. The van der Waals surface area contributed by atoms with Crippen LogP contribution in [-0.2, 0) is 4.79 Å². The fourth-order valence-corrected chi connectivity index (χ4v) is 5.42. The minimum Gasteiger partial charge on any atom is -0.456 e. The van der Waals surface area contributed by atoms with Crippen LogP contribution >= 0.6 is 0 Å². The van der Waals surface area contributed by atoms with Crippen molar-refractivity contribution in [1.29, 1.82) is 0 Å². The summed E-state index contributed by atoms with van der Waals surface area (Å²) in [6, 6.07) is 19.7. The van der Waals surface area contributed by atoms with Gasteiger partial charge in [0.1, 0.15) is 23.1 Å². The number of pyridine rings is 1. The van der Waals surface area contributed by atoms with Gasteiger partial charge in [-0.05, 0) is 72.9 Å². The first kappa shape index (κ1) is 20.9. The number of anilines is 1. The predicted octanol–water partition coefficient (Wildman–Crippen LogP) is 5.53. The van der Waals surface area contributed by atoms with Crippen LogP contribution in [0.1, 0.15) is 62.7 Å². The first-order chi connectivity index (χ1) is 22.8. The number of nitrogens with one attached hydrogen (secondary N) is 1. The van der Waals surface area contributed by atoms with E-state index in [0.717, 1.165) is 18.4 Å². The number of carbonyl (C=O) groups excluding carboxylic acids is 2. The number of likely N-dealkylation sites (tertiary alicyclic amines) is 1. The SMILES string of the molecule is [2H]C([2H])([2H])C(C(=O)Nc1ccc2oc(-c3ccnc(C(=O)N4CCC([C@@H](c5ccccc5)n5nnc(C)n5)CC4)c3)cc2c1)C([2H])([2H])[2H]. The van der Waals surface area contributed by atoms with Gasteiger partial charge in [0.15, 0.2) is 5.82 Å². The van der Waals surface area contributed by atoms with Crippen LogP contribution in [0.5, 0.6) is 0 Å². The van der Waals surface area contributed by atoms with E-state index in [2.05, 4.69) is 37.8 Å². The summed E-state index contributed by atoms with van der Waals surface area (Å²) in [7, 11) is 0. The number of amides is 2. The summed E-state index contributed by atoms with van der Waals surface area (Å²) in [5.74, 6) is -2.25. The lowest BCUT2D eigenvalue weighted by Gasteiger charge is -2.35. The van der Waals surface area contributed by atoms with Gasteiger partial charge in [0.05, 0.1) is 0 Å². The Morgan fingerprint density at radius 1 is 1.05 bits per heavy atom. The van der Waals surface area contributed by atoms with Gasteiger partial charge in [0, 0.05) is 50.1 Å². The van der Waals surface area contributed by atoms with E-state index in [1.165, 1.54) is 6.07 Å². The van der Waals surface area contributed by atoms with Gasteiger partial charge in [-0.2, -0.15) is 4.80 Å². The predicted molar refractivity (Wildman–Crippen MR) is 159 cm³/mol. The second kappa shape index (κ2) is 11.6. The number of rotatable bonds is 7. The Hall–Kier alpha value is -4.86. The topological polar surface area (TPSA) is 119 Å². The van der Waals surface area contributed by atoms with Crippen LogP contribution < -0.4 is 5.32 Å². The van der Waals surface area contributed by atoms with E-state index in [-0.39, 0.29) is 29.2 Å². The summed E-state index contributed by atoms with van der Waals surface area (Å²) < 4.78 is 51.2. The van der Waals surface area contributed by atoms with Crippen molar-refractivity contribution >= 4 is 28.5 Å². The van der Waals surface area contributed by atoms with E-state index in [4.69, 9.17) is 12.6 Å². The van der Waals surface area contributed by atoms with Gasteiger partial charge >= 0.3 is 0 Å². The lowest BCUT2D eigenvalue weighted by molar-refractivity contribution is -0.118. The van der Waals surface area contributed by atoms with Crippen LogP contribution in [0.15, 0.2) is 77.3 Å². The quantitative estimate of drug-likeness (QED) is 0.274. The molecule has 1 saturated heterocycles. The summed E-state index contributed by atoms with van der Waals surface area (Å²) >= 11 is 0. The molecule has 1 aliphatic heterocycles. The molecule has 5 aromatic rings. The van der Waals surface area contributed by atoms with Crippen LogP contribution in [0.3, 0.4) is 0 Å². The van der Waals surface area contributed by atoms with Gasteiger partial charge in [-0.15, -0.1) is 10.2 Å². The van der Waals surface area contributed by atoms with Crippen molar-refractivity contribution in [2.45, 2.75) is 39.5 Å². The van der Waals surface area contributed by atoms with Gasteiger partial charge in [0.2, 0.25) is 5.91 Å². The molecule has 10 heteroatoms. The van der Waals surface area contributed by atoms with E-state index in [0.29, 0.717) is 41.2 Å². The first-order valence-corrected chi connectivity index (χ1v) is 13.7. The number of aryl methyl sites for hydroxylation is 1. The van der Waals surface area contributed by atoms with E-state index >= 15 is 0 Å². The van der Waals surface area contributed by atoms with Crippen molar-refractivity contribution < 1.29 is 22.2 Å². The van der Waals surface area contributed by atoms with E-state index in [9.17, 15) is 9.59 Å². The Morgan fingerprint density at radius 3 is 2.60 bits per heavy atom. The monoisotopic (exact) mass is 569 g/mol. The van der Waals surface area contributed by atoms with Gasteiger partial charge in [-0.25, -0.2) is 0 Å². The Kier molecular flexibility index (Phi) is 5.76. The fraction of sp³-hybridized carbons (Fsp3) is 0.312. The molecule has 10 nitrogen and oxygen atoms in total. The van der Waals surface area contributed by atoms with E-state index in [1.54, 1.807) is 53.1 Å². The molecule has 1 atom stereocenters. The molecule has 2 amide bonds. The third kappa shape index (κ3) is 5.65. The molecule has 1 aliphatic rings. The number of fused-ring (bicyclic) bond motifs is 1. The largest absolute Gasteiger partial charge is 0.456 e. The lowest BCUT2D eigenvalue weighted by atomic mass is 9.85. The zero-order valence-electron chi connectivity index (χ0n) is 28.9. The summed E-state index contributed by atoms with van der Waals surface area (Å²) in [6.07, 6.45) is 3.03. The van der Waals surface area contributed by atoms with Crippen molar-refractivity contribution in [1.82, 2.24) is 30.1 Å². The van der Waals surface area contributed by atoms with Crippen LogP contribution in [0.4, 0.5) is 5.69 Å². The molecule has 0 saturated carbocycles. The Morgan fingerprint density at radius 2 is 1.86 bits per heavy atom. The van der Waals surface area contributed by atoms with Crippen molar-refractivity contribution in [3.63, 3.8) is 0 Å². The minimum absolute atomic E-state index is 0.0995. The number of carbonyl (C=O) groups is 2. The van der Waals surface area contributed by atoms with Crippen LogP contribution in [0, 0.1) is 18.8 Å². The van der Waals surface area contributed by atoms with Crippen LogP contribution in [0.2, 0.25) is 0 Å². The normalized spacial score (nSPS) is 17.5. The maximum atomic E-state index is 13.6. The molecule has 0 aliphatic carbocycles. The molecule has 214 valence electrons. The van der Waals surface area contributed by atoms with Gasteiger partial charge < -0.3 is 14.6 Å². The average Bonchev–Trinajstić information content (AvgIpc) is 3.66. The molecule has 0 unspecified atom stereocenters. The third-order valence-electron chi connectivity index (χ3n) is 7.50. The van der Waals surface area contributed by atoms with Crippen LogP contribution in [0.25, 0.3) is 22.3 Å². The highest BCUT2D eigenvalue weighted by atomic mass is 16.3. The Labute approximate surface area is 252 Å². The molecule has 0 bridgehead atoms. The second-order valence-electron chi connectivity index (χ2n) is 10.4. The highest BCUT2D eigenvalue weighted by Gasteiger charge is 2.32.